The number of likely N-dealkylation sites (N-methyl/N-ethyl adjacent to an activating group) is 1. The first kappa shape index (κ1) is 12.5. The molecule has 0 radical (unpaired) electrons. The predicted molar refractivity (Wildman–Crippen MR) is 76.2 cm³/mol. The van der Waals surface area contributed by atoms with E-state index in [9.17, 15) is 0 Å². The first-order valence-electron chi connectivity index (χ1n) is 5.83. The van der Waals surface area contributed by atoms with Crippen LogP contribution >= 0.6 is 27.7 Å². The number of rotatable bonds is 4. The van der Waals surface area contributed by atoms with Crippen LogP contribution in [0, 0.1) is 0 Å². The highest BCUT2D eigenvalue weighted by molar-refractivity contribution is 9.10. The monoisotopic (exact) mass is 299 g/mol. The van der Waals surface area contributed by atoms with Crippen molar-refractivity contribution in [1.29, 1.82) is 0 Å². The molecule has 1 aliphatic rings. The third-order valence-electron chi connectivity index (χ3n) is 3.13. The van der Waals surface area contributed by atoms with Gasteiger partial charge in [0.25, 0.3) is 0 Å². The van der Waals surface area contributed by atoms with Crippen molar-refractivity contribution < 1.29 is 0 Å². The number of hydrogen-bond donors (Lipinski definition) is 1. The number of halogens is 1. The van der Waals surface area contributed by atoms with Gasteiger partial charge in [-0.3, -0.25) is 0 Å². The Kier molecular flexibility index (Phi) is 4.74. The minimum absolute atomic E-state index is 0.613. The number of thioether (sulfide) groups is 1. The fourth-order valence-electron chi connectivity index (χ4n) is 2.26. The van der Waals surface area contributed by atoms with E-state index in [0.717, 1.165) is 11.7 Å². The van der Waals surface area contributed by atoms with Crippen LogP contribution in [-0.2, 0) is 6.42 Å². The van der Waals surface area contributed by atoms with Crippen molar-refractivity contribution in [2.24, 2.45) is 0 Å². The summed E-state index contributed by atoms with van der Waals surface area (Å²) in [6, 6.07) is 9.26. The summed E-state index contributed by atoms with van der Waals surface area (Å²) in [7, 11) is 2.08. The van der Waals surface area contributed by atoms with Crippen molar-refractivity contribution in [3.8, 4) is 0 Å². The zero-order valence-corrected chi connectivity index (χ0v) is 12.0. The van der Waals surface area contributed by atoms with Gasteiger partial charge in [0.05, 0.1) is 0 Å². The Morgan fingerprint density at radius 1 is 1.56 bits per heavy atom. The normalized spacial score (nSPS) is 22.2. The van der Waals surface area contributed by atoms with Crippen LogP contribution < -0.4 is 5.32 Å². The van der Waals surface area contributed by atoms with Gasteiger partial charge in [-0.2, -0.15) is 11.8 Å². The van der Waals surface area contributed by atoms with Crippen LogP contribution in [0.3, 0.4) is 0 Å². The van der Waals surface area contributed by atoms with Crippen LogP contribution in [0.2, 0.25) is 0 Å². The average Bonchev–Trinajstić information content (AvgIpc) is 2.79. The van der Waals surface area contributed by atoms with Crippen molar-refractivity contribution in [1.82, 2.24) is 5.32 Å². The van der Waals surface area contributed by atoms with Gasteiger partial charge < -0.3 is 5.32 Å². The summed E-state index contributed by atoms with van der Waals surface area (Å²) in [6.07, 6.45) is 3.88. The fraction of sp³-hybridized carbons (Fsp3) is 0.538. The van der Waals surface area contributed by atoms with Gasteiger partial charge in [0.1, 0.15) is 0 Å². The lowest BCUT2D eigenvalue weighted by molar-refractivity contribution is 0.524. The van der Waals surface area contributed by atoms with Gasteiger partial charge in [-0.05, 0) is 49.8 Å². The second kappa shape index (κ2) is 6.08. The summed E-state index contributed by atoms with van der Waals surface area (Å²) in [6.45, 7) is 0. The molecule has 1 heterocycles. The minimum Gasteiger partial charge on any atom is -0.316 e. The van der Waals surface area contributed by atoms with E-state index in [1.807, 2.05) is 0 Å². The van der Waals surface area contributed by atoms with Crippen LogP contribution in [-0.4, -0.2) is 24.1 Å². The molecule has 0 aromatic heterocycles. The van der Waals surface area contributed by atoms with Crippen LogP contribution in [0.15, 0.2) is 28.7 Å². The number of benzene rings is 1. The third kappa shape index (κ3) is 3.25. The molecular weight excluding hydrogens is 282 g/mol. The van der Waals surface area contributed by atoms with Crippen LogP contribution in [0.1, 0.15) is 18.4 Å². The Hall–Kier alpha value is 0.01000. The zero-order chi connectivity index (χ0) is 11.4. The maximum absolute atomic E-state index is 3.53. The minimum atomic E-state index is 0.613. The average molecular weight is 300 g/mol. The Morgan fingerprint density at radius 2 is 2.44 bits per heavy atom. The van der Waals surface area contributed by atoms with Gasteiger partial charge in [0, 0.05) is 15.8 Å². The first-order valence-corrected chi connectivity index (χ1v) is 7.67. The molecule has 0 spiro atoms. The summed E-state index contributed by atoms with van der Waals surface area (Å²) < 4.78 is 1.18. The van der Waals surface area contributed by atoms with Gasteiger partial charge in [-0.1, -0.05) is 28.1 Å². The Balaban J connectivity index is 2.00. The fourth-order valence-corrected chi connectivity index (χ4v) is 4.14. The van der Waals surface area contributed by atoms with Gasteiger partial charge >= 0.3 is 0 Å². The molecule has 2 unspecified atom stereocenters. The first-order chi connectivity index (χ1) is 7.79. The van der Waals surface area contributed by atoms with E-state index in [0.29, 0.717) is 6.04 Å². The zero-order valence-electron chi connectivity index (χ0n) is 9.58. The summed E-state index contributed by atoms with van der Waals surface area (Å²) in [5, 5.41) is 4.27. The highest BCUT2D eigenvalue weighted by Gasteiger charge is 2.24. The van der Waals surface area contributed by atoms with E-state index in [2.05, 4.69) is 64.3 Å². The van der Waals surface area contributed by atoms with Crippen molar-refractivity contribution >= 4 is 27.7 Å². The Labute approximate surface area is 111 Å². The number of nitrogens with one attached hydrogen (secondary N) is 1. The van der Waals surface area contributed by atoms with Crippen molar-refractivity contribution in [2.45, 2.75) is 30.6 Å². The van der Waals surface area contributed by atoms with Crippen molar-refractivity contribution in [3.63, 3.8) is 0 Å². The molecule has 88 valence electrons. The number of hydrogen-bond acceptors (Lipinski definition) is 2. The lowest BCUT2D eigenvalue weighted by Crippen LogP contribution is -2.36. The van der Waals surface area contributed by atoms with Gasteiger partial charge in [-0.15, -0.1) is 0 Å². The third-order valence-corrected chi connectivity index (χ3v) is 5.14. The lowest BCUT2D eigenvalue weighted by Gasteiger charge is -2.22. The van der Waals surface area contributed by atoms with Crippen LogP contribution in [0.4, 0.5) is 0 Å². The quantitative estimate of drug-likeness (QED) is 0.913. The largest absolute Gasteiger partial charge is 0.316 e. The smallest absolute Gasteiger partial charge is 0.0223 e. The molecule has 2 atom stereocenters. The molecule has 1 aromatic carbocycles. The Morgan fingerprint density at radius 3 is 3.06 bits per heavy atom. The molecule has 1 aromatic rings. The molecule has 0 amide bonds. The highest BCUT2D eigenvalue weighted by atomic mass is 79.9. The molecule has 16 heavy (non-hydrogen) atoms. The standard InChI is InChI=1S/C13H18BrNS/c1-15-12(13-6-3-7-16-13)9-10-4-2-5-11(14)8-10/h2,4-5,8,12-13,15H,3,6-7,9H2,1H3. The van der Waals surface area contributed by atoms with Gasteiger partial charge in [0.2, 0.25) is 0 Å². The molecule has 1 nitrogen and oxygen atoms in total. The van der Waals surface area contributed by atoms with Crippen molar-refractivity contribution in [2.75, 3.05) is 12.8 Å². The molecule has 1 saturated heterocycles. The van der Waals surface area contributed by atoms with E-state index in [1.165, 1.54) is 28.6 Å². The van der Waals surface area contributed by atoms with Gasteiger partial charge in [-0.25, -0.2) is 0 Å². The van der Waals surface area contributed by atoms with Crippen LogP contribution in [0.25, 0.3) is 0 Å². The molecule has 2 rings (SSSR count). The van der Waals surface area contributed by atoms with E-state index in [-0.39, 0.29) is 0 Å². The SMILES string of the molecule is CNC(Cc1cccc(Br)c1)C1CCCS1. The molecule has 1 N–H and O–H groups in total. The lowest BCUT2D eigenvalue weighted by atomic mass is 10.0. The maximum atomic E-state index is 3.53. The highest BCUT2D eigenvalue weighted by Crippen LogP contribution is 2.30. The van der Waals surface area contributed by atoms with Gasteiger partial charge in [0.15, 0.2) is 0 Å². The summed E-state index contributed by atoms with van der Waals surface area (Å²) in [4.78, 5) is 0. The predicted octanol–water partition coefficient (Wildman–Crippen LogP) is 3.48. The molecular formula is C13H18BrNS. The molecule has 0 aliphatic carbocycles. The molecule has 3 heteroatoms. The molecule has 0 saturated carbocycles. The molecule has 1 aliphatic heterocycles. The maximum Gasteiger partial charge on any atom is 0.0223 e. The van der Waals surface area contributed by atoms with Crippen molar-refractivity contribution in [3.05, 3.63) is 34.3 Å². The van der Waals surface area contributed by atoms with E-state index in [1.54, 1.807) is 0 Å². The summed E-state index contributed by atoms with van der Waals surface area (Å²) in [5.41, 5.74) is 1.42. The summed E-state index contributed by atoms with van der Waals surface area (Å²) in [5.74, 6) is 1.33. The van der Waals surface area contributed by atoms with E-state index < -0.39 is 0 Å². The summed E-state index contributed by atoms with van der Waals surface area (Å²) >= 11 is 5.66. The second-order valence-electron chi connectivity index (χ2n) is 4.28. The topological polar surface area (TPSA) is 12.0 Å². The second-order valence-corrected chi connectivity index (χ2v) is 6.54. The molecule has 1 fully saturated rings. The Bertz CT molecular complexity index is 336. The van der Waals surface area contributed by atoms with Crippen LogP contribution in [0.5, 0.6) is 0 Å². The van der Waals surface area contributed by atoms with E-state index >= 15 is 0 Å². The molecule has 0 bridgehead atoms. The van der Waals surface area contributed by atoms with E-state index in [4.69, 9.17) is 0 Å².